The van der Waals surface area contributed by atoms with Crippen LogP contribution in [0.15, 0.2) is 24.7 Å². The molecule has 0 saturated carbocycles. The van der Waals surface area contributed by atoms with Gasteiger partial charge in [0.15, 0.2) is 0 Å². The maximum atomic E-state index is 4.35. The molecule has 0 amide bonds. The average molecular weight is 257 g/mol. The van der Waals surface area contributed by atoms with Crippen LogP contribution in [-0.4, -0.2) is 33.3 Å². The standard InChI is InChI=1S/C14H19N5/c1-2-11-9-17-18-13(11)12-5-3-8-19(10-12)14-15-6-4-7-16-14/h4,6-7,9,12H,2-3,5,8,10H2,1H3,(H,17,18)/t12-/m0/s1. The van der Waals surface area contributed by atoms with Crippen molar-refractivity contribution in [3.05, 3.63) is 35.9 Å². The number of aromatic nitrogens is 4. The first-order valence-electron chi connectivity index (χ1n) is 6.92. The van der Waals surface area contributed by atoms with Crippen LogP contribution in [0.3, 0.4) is 0 Å². The summed E-state index contributed by atoms with van der Waals surface area (Å²) < 4.78 is 0. The molecule has 1 aliphatic rings. The first-order valence-corrected chi connectivity index (χ1v) is 6.92. The maximum absolute atomic E-state index is 4.35. The van der Waals surface area contributed by atoms with Gasteiger partial charge < -0.3 is 4.90 Å². The molecule has 5 nitrogen and oxygen atoms in total. The molecule has 19 heavy (non-hydrogen) atoms. The molecule has 1 atom stereocenters. The normalized spacial score (nSPS) is 19.6. The fourth-order valence-corrected chi connectivity index (χ4v) is 2.81. The van der Waals surface area contributed by atoms with E-state index in [0.29, 0.717) is 5.92 Å². The first-order chi connectivity index (χ1) is 9.38. The zero-order chi connectivity index (χ0) is 13.1. The predicted octanol–water partition coefficient (Wildman–Crippen LogP) is 2.15. The quantitative estimate of drug-likeness (QED) is 0.915. The summed E-state index contributed by atoms with van der Waals surface area (Å²) in [5, 5.41) is 7.37. The Balaban J connectivity index is 1.79. The van der Waals surface area contributed by atoms with Crippen LogP contribution < -0.4 is 4.90 Å². The van der Waals surface area contributed by atoms with E-state index >= 15 is 0 Å². The van der Waals surface area contributed by atoms with Gasteiger partial charge in [-0.05, 0) is 30.9 Å². The lowest BCUT2D eigenvalue weighted by Gasteiger charge is -2.32. The van der Waals surface area contributed by atoms with E-state index in [1.165, 1.54) is 24.1 Å². The number of hydrogen-bond donors (Lipinski definition) is 1. The highest BCUT2D eigenvalue weighted by molar-refractivity contribution is 5.32. The lowest BCUT2D eigenvalue weighted by molar-refractivity contribution is 0.492. The number of nitrogens with one attached hydrogen (secondary N) is 1. The largest absolute Gasteiger partial charge is 0.340 e. The summed E-state index contributed by atoms with van der Waals surface area (Å²) in [6, 6.07) is 1.86. The predicted molar refractivity (Wildman–Crippen MR) is 74.2 cm³/mol. The monoisotopic (exact) mass is 257 g/mol. The van der Waals surface area contributed by atoms with Gasteiger partial charge in [0.1, 0.15) is 0 Å². The van der Waals surface area contributed by atoms with Crippen LogP contribution in [0.25, 0.3) is 0 Å². The van der Waals surface area contributed by atoms with Gasteiger partial charge in [-0.25, -0.2) is 9.97 Å². The lowest BCUT2D eigenvalue weighted by Crippen LogP contribution is -2.35. The van der Waals surface area contributed by atoms with E-state index < -0.39 is 0 Å². The van der Waals surface area contributed by atoms with Gasteiger partial charge in [-0.2, -0.15) is 5.10 Å². The molecule has 2 aromatic heterocycles. The molecule has 0 bridgehead atoms. The Kier molecular flexibility index (Phi) is 3.44. The second kappa shape index (κ2) is 5.38. The van der Waals surface area contributed by atoms with E-state index in [0.717, 1.165) is 25.5 Å². The van der Waals surface area contributed by atoms with E-state index in [9.17, 15) is 0 Å². The molecule has 3 rings (SSSR count). The number of H-pyrrole nitrogens is 1. The van der Waals surface area contributed by atoms with Gasteiger partial charge in [-0.15, -0.1) is 0 Å². The van der Waals surface area contributed by atoms with Crippen molar-refractivity contribution in [2.24, 2.45) is 0 Å². The highest BCUT2D eigenvalue weighted by Crippen LogP contribution is 2.29. The molecule has 0 unspecified atom stereocenters. The molecule has 1 fully saturated rings. The molecule has 0 radical (unpaired) electrons. The Bertz CT molecular complexity index is 522. The van der Waals surface area contributed by atoms with Crippen LogP contribution in [0.1, 0.15) is 36.9 Å². The number of piperidine rings is 1. The van der Waals surface area contributed by atoms with E-state index in [1.54, 1.807) is 12.4 Å². The van der Waals surface area contributed by atoms with E-state index in [1.807, 2.05) is 12.3 Å². The van der Waals surface area contributed by atoms with Gasteiger partial charge in [0.2, 0.25) is 5.95 Å². The maximum Gasteiger partial charge on any atom is 0.225 e. The molecule has 0 spiro atoms. The fourth-order valence-electron chi connectivity index (χ4n) is 2.81. The van der Waals surface area contributed by atoms with Crippen molar-refractivity contribution in [2.45, 2.75) is 32.1 Å². The smallest absolute Gasteiger partial charge is 0.225 e. The molecule has 5 heteroatoms. The molecular formula is C14H19N5. The number of aryl methyl sites for hydroxylation is 1. The number of aromatic amines is 1. The summed E-state index contributed by atoms with van der Waals surface area (Å²) in [5.74, 6) is 1.35. The number of rotatable bonds is 3. The summed E-state index contributed by atoms with van der Waals surface area (Å²) >= 11 is 0. The van der Waals surface area contributed by atoms with E-state index in [2.05, 4.69) is 32.0 Å². The summed E-state index contributed by atoms with van der Waals surface area (Å²) in [7, 11) is 0. The van der Waals surface area contributed by atoms with Crippen molar-refractivity contribution >= 4 is 5.95 Å². The van der Waals surface area contributed by atoms with Gasteiger partial charge >= 0.3 is 0 Å². The Labute approximate surface area is 113 Å². The van der Waals surface area contributed by atoms with Gasteiger partial charge in [0.25, 0.3) is 0 Å². The topological polar surface area (TPSA) is 57.7 Å². The summed E-state index contributed by atoms with van der Waals surface area (Å²) in [6.07, 6.45) is 8.97. The third kappa shape index (κ3) is 2.45. The minimum Gasteiger partial charge on any atom is -0.340 e. The molecule has 3 heterocycles. The second-order valence-electron chi connectivity index (χ2n) is 5.00. The highest BCUT2D eigenvalue weighted by atomic mass is 15.3. The fraction of sp³-hybridized carbons (Fsp3) is 0.500. The van der Waals surface area contributed by atoms with Crippen molar-refractivity contribution in [1.82, 2.24) is 20.2 Å². The van der Waals surface area contributed by atoms with Crippen LogP contribution in [0.2, 0.25) is 0 Å². The summed E-state index contributed by atoms with van der Waals surface area (Å²) in [5.41, 5.74) is 2.63. The van der Waals surface area contributed by atoms with Crippen molar-refractivity contribution in [1.29, 1.82) is 0 Å². The Morgan fingerprint density at radius 3 is 3.00 bits per heavy atom. The third-order valence-electron chi connectivity index (χ3n) is 3.80. The van der Waals surface area contributed by atoms with Crippen LogP contribution in [0.5, 0.6) is 0 Å². The minimum absolute atomic E-state index is 0.509. The Morgan fingerprint density at radius 2 is 2.21 bits per heavy atom. The van der Waals surface area contributed by atoms with Crippen LogP contribution in [-0.2, 0) is 6.42 Å². The third-order valence-corrected chi connectivity index (χ3v) is 3.80. The van der Waals surface area contributed by atoms with Gasteiger partial charge in [-0.3, -0.25) is 5.10 Å². The SMILES string of the molecule is CCc1cn[nH]c1[C@H]1CCCN(c2ncccn2)C1. The van der Waals surface area contributed by atoms with Gasteiger partial charge in [0.05, 0.1) is 6.20 Å². The summed E-state index contributed by atoms with van der Waals surface area (Å²) in [6.45, 7) is 4.19. The number of hydrogen-bond acceptors (Lipinski definition) is 4. The molecule has 1 aliphatic heterocycles. The zero-order valence-corrected chi connectivity index (χ0v) is 11.2. The Hall–Kier alpha value is -1.91. The average Bonchev–Trinajstić information content (AvgIpc) is 2.97. The number of anilines is 1. The molecule has 1 saturated heterocycles. The molecule has 2 aromatic rings. The van der Waals surface area contributed by atoms with E-state index in [-0.39, 0.29) is 0 Å². The van der Waals surface area contributed by atoms with Crippen molar-refractivity contribution in [3.8, 4) is 0 Å². The van der Waals surface area contributed by atoms with E-state index in [4.69, 9.17) is 0 Å². The molecule has 1 N–H and O–H groups in total. The van der Waals surface area contributed by atoms with Crippen molar-refractivity contribution in [3.63, 3.8) is 0 Å². The van der Waals surface area contributed by atoms with Crippen molar-refractivity contribution in [2.75, 3.05) is 18.0 Å². The van der Waals surface area contributed by atoms with Crippen molar-refractivity contribution < 1.29 is 0 Å². The highest BCUT2D eigenvalue weighted by Gasteiger charge is 2.25. The molecule has 0 aliphatic carbocycles. The van der Waals surface area contributed by atoms with Gasteiger partial charge in [0, 0.05) is 37.1 Å². The van der Waals surface area contributed by atoms with Crippen LogP contribution in [0.4, 0.5) is 5.95 Å². The number of nitrogens with zero attached hydrogens (tertiary/aromatic N) is 4. The van der Waals surface area contributed by atoms with Gasteiger partial charge in [-0.1, -0.05) is 6.92 Å². The zero-order valence-electron chi connectivity index (χ0n) is 11.2. The lowest BCUT2D eigenvalue weighted by atomic mass is 9.92. The molecule has 0 aromatic carbocycles. The van der Waals surface area contributed by atoms with Crippen LogP contribution >= 0.6 is 0 Å². The molecular weight excluding hydrogens is 238 g/mol. The second-order valence-corrected chi connectivity index (χ2v) is 5.00. The molecule has 100 valence electrons. The summed E-state index contributed by atoms with van der Waals surface area (Å²) in [4.78, 5) is 11.0. The Morgan fingerprint density at radius 1 is 1.37 bits per heavy atom. The minimum atomic E-state index is 0.509. The van der Waals surface area contributed by atoms with Crippen LogP contribution in [0, 0.1) is 0 Å². The first kappa shape index (κ1) is 12.1.